The molecular formula is C9H16N2O. The van der Waals surface area contributed by atoms with Gasteiger partial charge in [0.15, 0.2) is 0 Å². The Kier molecular flexibility index (Phi) is 3.29. The predicted octanol–water partition coefficient (Wildman–Crippen LogP) is 1.40. The minimum absolute atomic E-state index is 0.754. The maximum Gasteiger partial charge on any atom is 0.105 e. The first kappa shape index (κ1) is 9.26. The Bertz CT molecular complexity index is 243. The molecule has 12 heavy (non-hydrogen) atoms. The van der Waals surface area contributed by atoms with E-state index < -0.39 is 0 Å². The molecule has 0 unspecified atom stereocenters. The van der Waals surface area contributed by atoms with Crippen molar-refractivity contribution in [3.8, 4) is 0 Å². The van der Waals surface area contributed by atoms with Gasteiger partial charge in [-0.2, -0.15) is 0 Å². The van der Waals surface area contributed by atoms with E-state index in [1.807, 2.05) is 13.1 Å². The molecule has 0 radical (unpaired) electrons. The van der Waals surface area contributed by atoms with Crippen molar-refractivity contribution in [1.29, 1.82) is 0 Å². The summed E-state index contributed by atoms with van der Waals surface area (Å²) in [4.78, 5) is 4.25. The van der Waals surface area contributed by atoms with Crippen molar-refractivity contribution in [2.75, 3.05) is 13.7 Å². The van der Waals surface area contributed by atoms with Crippen LogP contribution in [0, 0.1) is 6.92 Å². The van der Waals surface area contributed by atoms with Crippen LogP contribution in [0.2, 0.25) is 0 Å². The summed E-state index contributed by atoms with van der Waals surface area (Å²) in [5.41, 5.74) is 1.28. The van der Waals surface area contributed by atoms with Crippen molar-refractivity contribution in [3.05, 3.63) is 17.7 Å². The Morgan fingerprint density at radius 3 is 2.92 bits per heavy atom. The van der Waals surface area contributed by atoms with Crippen molar-refractivity contribution in [2.45, 2.75) is 26.8 Å². The molecule has 3 heteroatoms. The van der Waals surface area contributed by atoms with Gasteiger partial charge in [0.25, 0.3) is 0 Å². The van der Waals surface area contributed by atoms with Crippen LogP contribution in [0.5, 0.6) is 0 Å². The minimum atomic E-state index is 0.754. The largest absolute Gasteiger partial charge is 0.383 e. The van der Waals surface area contributed by atoms with Gasteiger partial charge in [0, 0.05) is 25.5 Å². The number of rotatable bonds is 4. The molecule has 0 aliphatic carbocycles. The number of aromatic nitrogens is 2. The fraction of sp³-hybridized carbons (Fsp3) is 0.667. The molecule has 0 atom stereocenters. The normalized spacial score (nSPS) is 10.6. The first-order valence-corrected chi connectivity index (χ1v) is 4.29. The summed E-state index contributed by atoms with van der Waals surface area (Å²) >= 11 is 0. The van der Waals surface area contributed by atoms with E-state index in [1.54, 1.807) is 7.11 Å². The topological polar surface area (TPSA) is 27.1 Å². The second kappa shape index (κ2) is 4.26. The fourth-order valence-electron chi connectivity index (χ4n) is 1.29. The van der Waals surface area contributed by atoms with Crippen molar-refractivity contribution in [3.63, 3.8) is 0 Å². The molecular weight excluding hydrogens is 152 g/mol. The highest BCUT2D eigenvalue weighted by Crippen LogP contribution is 2.04. The second-order valence-electron chi connectivity index (χ2n) is 2.79. The summed E-state index contributed by atoms with van der Waals surface area (Å²) in [6.07, 6.45) is 2.97. The molecule has 3 nitrogen and oxygen atoms in total. The SMILES string of the molecule is CCc1cnc(C)n1CCOC. The zero-order chi connectivity index (χ0) is 8.97. The molecule has 0 bridgehead atoms. The van der Waals surface area contributed by atoms with Crippen LogP contribution >= 0.6 is 0 Å². The van der Waals surface area contributed by atoms with Gasteiger partial charge in [-0.15, -0.1) is 0 Å². The number of hydrogen-bond acceptors (Lipinski definition) is 2. The zero-order valence-corrected chi connectivity index (χ0v) is 8.00. The molecule has 0 amide bonds. The first-order valence-electron chi connectivity index (χ1n) is 4.29. The highest BCUT2D eigenvalue weighted by Gasteiger charge is 2.02. The van der Waals surface area contributed by atoms with Gasteiger partial charge in [0.1, 0.15) is 5.82 Å². The number of aryl methyl sites for hydroxylation is 2. The molecule has 1 rings (SSSR count). The lowest BCUT2D eigenvalue weighted by Crippen LogP contribution is -2.08. The Hall–Kier alpha value is -0.830. The first-order chi connectivity index (χ1) is 5.79. The molecule has 0 aromatic carbocycles. The molecule has 0 fully saturated rings. The van der Waals surface area contributed by atoms with Crippen LogP contribution in [0.4, 0.5) is 0 Å². The summed E-state index contributed by atoms with van der Waals surface area (Å²) in [5.74, 6) is 1.07. The Morgan fingerprint density at radius 1 is 1.58 bits per heavy atom. The van der Waals surface area contributed by atoms with E-state index >= 15 is 0 Å². The number of methoxy groups -OCH3 is 1. The molecule has 0 spiro atoms. The minimum Gasteiger partial charge on any atom is -0.383 e. The summed E-state index contributed by atoms with van der Waals surface area (Å²) in [6.45, 7) is 5.82. The van der Waals surface area contributed by atoms with Crippen LogP contribution in [0.1, 0.15) is 18.4 Å². The number of ether oxygens (including phenoxy) is 1. The number of nitrogens with zero attached hydrogens (tertiary/aromatic N) is 2. The van der Waals surface area contributed by atoms with Crippen molar-refractivity contribution in [2.24, 2.45) is 0 Å². The van der Waals surface area contributed by atoms with Crippen LogP contribution in [0.3, 0.4) is 0 Å². The fourth-order valence-corrected chi connectivity index (χ4v) is 1.29. The van der Waals surface area contributed by atoms with Crippen LogP contribution in [-0.4, -0.2) is 23.3 Å². The summed E-state index contributed by atoms with van der Waals surface area (Å²) in [7, 11) is 1.72. The van der Waals surface area contributed by atoms with E-state index in [9.17, 15) is 0 Å². The summed E-state index contributed by atoms with van der Waals surface area (Å²) in [6, 6.07) is 0. The lowest BCUT2D eigenvalue weighted by molar-refractivity contribution is 0.186. The van der Waals surface area contributed by atoms with E-state index in [2.05, 4.69) is 16.5 Å². The maximum absolute atomic E-state index is 5.02. The van der Waals surface area contributed by atoms with Gasteiger partial charge in [-0.05, 0) is 13.3 Å². The van der Waals surface area contributed by atoms with Crippen molar-refractivity contribution in [1.82, 2.24) is 9.55 Å². The van der Waals surface area contributed by atoms with Gasteiger partial charge in [0.2, 0.25) is 0 Å². The molecule has 1 aromatic rings. The quantitative estimate of drug-likeness (QED) is 0.679. The molecule has 0 aliphatic heterocycles. The Morgan fingerprint density at radius 2 is 2.33 bits per heavy atom. The highest BCUT2D eigenvalue weighted by molar-refractivity contribution is 5.03. The Balaban J connectivity index is 2.72. The number of hydrogen-bond donors (Lipinski definition) is 0. The van der Waals surface area contributed by atoms with Gasteiger partial charge in [-0.3, -0.25) is 0 Å². The van der Waals surface area contributed by atoms with Crippen LogP contribution in [0.15, 0.2) is 6.20 Å². The average Bonchev–Trinajstić information content (AvgIpc) is 2.43. The third-order valence-corrected chi connectivity index (χ3v) is 2.02. The maximum atomic E-state index is 5.02. The molecule has 1 aromatic heterocycles. The summed E-state index contributed by atoms with van der Waals surface area (Å²) < 4.78 is 7.22. The number of imidazole rings is 1. The monoisotopic (exact) mass is 168 g/mol. The predicted molar refractivity (Wildman–Crippen MR) is 48.2 cm³/mol. The van der Waals surface area contributed by atoms with E-state index in [1.165, 1.54) is 5.69 Å². The molecule has 0 saturated carbocycles. The van der Waals surface area contributed by atoms with Gasteiger partial charge in [-0.25, -0.2) is 4.98 Å². The summed E-state index contributed by atoms with van der Waals surface area (Å²) in [5, 5.41) is 0. The molecule has 1 heterocycles. The van der Waals surface area contributed by atoms with Crippen LogP contribution < -0.4 is 0 Å². The lowest BCUT2D eigenvalue weighted by Gasteiger charge is -2.07. The second-order valence-corrected chi connectivity index (χ2v) is 2.79. The third kappa shape index (κ3) is 1.85. The van der Waals surface area contributed by atoms with Crippen molar-refractivity contribution < 1.29 is 4.74 Å². The highest BCUT2D eigenvalue weighted by atomic mass is 16.5. The van der Waals surface area contributed by atoms with E-state index in [0.29, 0.717) is 0 Å². The lowest BCUT2D eigenvalue weighted by atomic mass is 10.3. The standard InChI is InChI=1S/C9H16N2O/c1-4-9-7-10-8(2)11(9)5-6-12-3/h7H,4-6H2,1-3H3. The molecule has 0 N–H and O–H groups in total. The van der Waals surface area contributed by atoms with Gasteiger partial charge < -0.3 is 9.30 Å². The Labute approximate surface area is 73.4 Å². The van der Waals surface area contributed by atoms with Gasteiger partial charge in [-0.1, -0.05) is 6.92 Å². The zero-order valence-electron chi connectivity index (χ0n) is 8.00. The van der Waals surface area contributed by atoms with Crippen LogP contribution in [-0.2, 0) is 17.7 Å². The molecule has 0 saturated heterocycles. The average molecular weight is 168 g/mol. The van der Waals surface area contributed by atoms with Crippen LogP contribution in [0.25, 0.3) is 0 Å². The molecule has 0 aliphatic rings. The van der Waals surface area contributed by atoms with E-state index in [0.717, 1.165) is 25.4 Å². The van der Waals surface area contributed by atoms with Gasteiger partial charge >= 0.3 is 0 Å². The smallest absolute Gasteiger partial charge is 0.105 e. The van der Waals surface area contributed by atoms with Gasteiger partial charge in [0.05, 0.1) is 6.61 Å². The van der Waals surface area contributed by atoms with E-state index in [4.69, 9.17) is 4.74 Å². The van der Waals surface area contributed by atoms with E-state index in [-0.39, 0.29) is 0 Å². The third-order valence-electron chi connectivity index (χ3n) is 2.02. The van der Waals surface area contributed by atoms with Crippen molar-refractivity contribution >= 4 is 0 Å². The molecule has 68 valence electrons.